The van der Waals surface area contributed by atoms with E-state index in [1.165, 1.54) is 12.1 Å². The highest BCUT2D eigenvalue weighted by Gasteiger charge is 2.26. The van der Waals surface area contributed by atoms with E-state index in [2.05, 4.69) is 0 Å². The molecule has 2 N–H and O–H groups in total. The lowest BCUT2D eigenvalue weighted by molar-refractivity contribution is 0.0993. The molecule has 1 atom stereocenters. The standard InChI is InChI=1S/C11H14FNO2S/c1-11(2,3)16(15)8-6-4-5-7(12)9(8)10(13)14/h4-6H,1-3H3,(H2,13,14). The highest BCUT2D eigenvalue weighted by atomic mass is 32.2. The number of rotatable bonds is 2. The van der Waals surface area contributed by atoms with Gasteiger partial charge in [0.15, 0.2) is 0 Å². The third-order valence-corrected chi connectivity index (χ3v) is 3.83. The maximum atomic E-state index is 13.4. The van der Waals surface area contributed by atoms with Crippen molar-refractivity contribution in [3.05, 3.63) is 29.6 Å². The number of nitrogens with two attached hydrogens (primary N) is 1. The molecule has 1 rings (SSSR count). The van der Waals surface area contributed by atoms with E-state index in [1.807, 2.05) is 0 Å². The molecule has 1 unspecified atom stereocenters. The van der Waals surface area contributed by atoms with E-state index in [0.717, 1.165) is 6.07 Å². The molecule has 5 heteroatoms. The molecule has 0 aliphatic heterocycles. The SMILES string of the molecule is CC(C)(C)S(=O)c1cccc(F)c1C(N)=O. The number of halogens is 1. The zero-order valence-electron chi connectivity index (χ0n) is 9.41. The minimum Gasteiger partial charge on any atom is -0.365 e. The van der Waals surface area contributed by atoms with E-state index in [-0.39, 0.29) is 10.5 Å². The first-order valence-electron chi connectivity index (χ1n) is 4.75. The molecule has 0 saturated carbocycles. The molecule has 0 bridgehead atoms. The molecular formula is C11H14FNO2S. The Labute approximate surface area is 96.3 Å². The van der Waals surface area contributed by atoms with Gasteiger partial charge in [0.1, 0.15) is 5.82 Å². The molecule has 1 aromatic carbocycles. The topological polar surface area (TPSA) is 60.2 Å². The van der Waals surface area contributed by atoms with Crippen LogP contribution in [0.15, 0.2) is 23.1 Å². The zero-order chi connectivity index (χ0) is 12.5. The summed E-state index contributed by atoms with van der Waals surface area (Å²) in [5.74, 6) is -1.63. The molecule has 0 saturated heterocycles. The predicted molar refractivity (Wildman–Crippen MR) is 61.1 cm³/mol. The van der Waals surface area contributed by atoms with E-state index >= 15 is 0 Å². The van der Waals surface area contributed by atoms with Crippen LogP contribution in [-0.4, -0.2) is 14.9 Å². The van der Waals surface area contributed by atoms with E-state index in [9.17, 15) is 13.4 Å². The second kappa shape index (κ2) is 4.33. The molecule has 0 heterocycles. The first-order valence-corrected chi connectivity index (χ1v) is 5.90. The summed E-state index contributed by atoms with van der Waals surface area (Å²) in [6, 6.07) is 4.01. The molecule has 0 aromatic heterocycles. The van der Waals surface area contributed by atoms with Crippen LogP contribution >= 0.6 is 0 Å². The first-order chi connectivity index (χ1) is 7.25. The van der Waals surface area contributed by atoms with Crippen LogP contribution in [0.4, 0.5) is 4.39 Å². The van der Waals surface area contributed by atoms with Crippen molar-refractivity contribution < 1.29 is 13.4 Å². The van der Waals surface area contributed by atoms with Crippen LogP contribution in [0.25, 0.3) is 0 Å². The average Bonchev–Trinajstić information content (AvgIpc) is 2.14. The Bertz CT molecular complexity index is 452. The molecular weight excluding hydrogens is 229 g/mol. The summed E-state index contributed by atoms with van der Waals surface area (Å²) < 4.78 is 24.9. The number of primary amides is 1. The Morgan fingerprint density at radius 3 is 2.38 bits per heavy atom. The summed E-state index contributed by atoms with van der Waals surface area (Å²) in [6.07, 6.45) is 0. The molecule has 0 fully saturated rings. The normalized spacial score (nSPS) is 13.5. The molecule has 3 nitrogen and oxygen atoms in total. The van der Waals surface area contributed by atoms with Crippen LogP contribution in [0.1, 0.15) is 31.1 Å². The fraction of sp³-hybridized carbons (Fsp3) is 0.364. The number of benzene rings is 1. The molecule has 0 radical (unpaired) electrons. The first kappa shape index (κ1) is 12.8. The minimum atomic E-state index is -1.48. The van der Waals surface area contributed by atoms with Gasteiger partial charge in [0.2, 0.25) is 0 Å². The Kier molecular flexibility index (Phi) is 3.48. The smallest absolute Gasteiger partial charge is 0.252 e. The second-order valence-electron chi connectivity index (χ2n) is 4.36. The number of carbonyl (C=O) groups is 1. The molecule has 16 heavy (non-hydrogen) atoms. The summed E-state index contributed by atoms with van der Waals surface area (Å²) in [7, 11) is -1.48. The van der Waals surface area contributed by atoms with Crippen molar-refractivity contribution >= 4 is 16.7 Å². The van der Waals surface area contributed by atoms with Gasteiger partial charge in [-0.1, -0.05) is 6.07 Å². The third-order valence-electron chi connectivity index (χ3n) is 1.98. The van der Waals surface area contributed by atoms with Crippen LogP contribution in [0.3, 0.4) is 0 Å². The van der Waals surface area contributed by atoms with E-state index in [0.29, 0.717) is 0 Å². The maximum Gasteiger partial charge on any atom is 0.252 e. The average molecular weight is 243 g/mol. The highest BCUT2D eigenvalue weighted by molar-refractivity contribution is 7.86. The van der Waals surface area contributed by atoms with Gasteiger partial charge in [-0.2, -0.15) is 0 Å². The summed E-state index contributed by atoms with van der Waals surface area (Å²) >= 11 is 0. The maximum absolute atomic E-state index is 13.4. The fourth-order valence-corrected chi connectivity index (χ4v) is 2.47. The van der Waals surface area contributed by atoms with Crippen molar-refractivity contribution in [3.63, 3.8) is 0 Å². The largest absolute Gasteiger partial charge is 0.365 e. The summed E-state index contributed by atoms with van der Waals surface area (Å²) in [6.45, 7) is 5.25. The van der Waals surface area contributed by atoms with E-state index in [4.69, 9.17) is 5.73 Å². The van der Waals surface area contributed by atoms with Crippen LogP contribution in [0.5, 0.6) is 0 Å². The van der Waals surface area contributed by atoms with Crippen LogP contribution in [-0.2, 0) is 10.8 Å². The fourth-order valence-electron chi connectivity index (χ4n) is 1.23. The van der Waals surface area contributed by atoms with Crippen molar-refractivity contribution in [2.24, 2.45) is 5.73 Å². The summed E-state index contributed by atoms with van der Waals surface area (Å²) in [5, 5.41) is 0. The number of hydrogen-bond donors (Lipinski definition) is 1. The minimum absolute atomic E-state index is 0.153. The molecule has 1 aromatic rings. The molecule has 0 aliphatic carbocycles. The van der Waals surface area contributed by atoms with Gasteiger partial charge in [-0.3, -0.25) is 9.00 Å². The van der Waals surface area contributed by atoms with Crippen LogP contribution in [0.2, 0.25) is 0 Å². The van der Waals surface area contributed by atoms with E-state index in [1.54, 1.807) is 20.8 Å². The van der Waals surface area contributed by atoms with Gasteiger partial charge in [-0.05, 0) is 32.9 Å². The summed E-state index contributed by atoms with van der Waals surface area (Å²) in [5.41, 5.74) is 4.80. The lowest BCUT2D eigenvalue weighted by Gasteiger charge is -2.19. The molecule has 1 amide bonds. The van der Waals surface area contributed by atoms with Crippen LogP contribution in [0, 0.1) is 5.82 Å². The van der Waals surface area contributed by atoms with E-state index < -0.39 is 27.3 Å². The Morgan fingerprint density at radius 2 is 1.94 bits per heavy atom. The lowest BCUT2D eigenvalue weighted by atomic mass is 10.2. The van der Waals surface area contributed by atoms with Gasteiger partial charge in [-0.15, -0.1) is 0 Å². The zero-order valence-corrected chi connectivity index (χ0v) is 10.2. The number of hydrogen-bond acceptors (Lipinski definition) is 2. The monoisotopic (exact) mass is 243 g/mol. The van der Waals surface area contributed by atoms with Gasteiger partial charge in [0.05, 0.1) is 21.3 Å². The lowest BCUT2D eigenvalue weighted by Crippen LogP contribution is -2.25. The quantitative estimate of drug-likeness (QED) is 0.861. The van der Waals surface area contributed by atoms with Crippen molar-refractivity contribution in [3.8, 4) is 0 Å². The number of carbonyl (C=O) groups excluding carboxylic acids is 1. The molecule has 88 valence electrons. The number of amides is 1. The summed E-state index contributed by atoms with van der Waals surface area (Å²) in [4.78, 5) is 11.3. The highest BCUT2D eigenvalue weighted by Crippen LogP contribution is 2.24. The van der Waals surface area contributed by atoms with Crippen molar-refractivity contribution in [2.75, 3.05) is 0 Å². The van der Waals surface area contributed by atoms with Crippen molar-refractivity contribution in [1.82, 2.24) is 0 Å². The Hall–Kier alpha value is -1.23. The van der Waals surface area contributed by atoms with Gasteiger partial charge in [-0.25, -0.2) is 4.39 Å². The molecule has 0 spiro atoms. The Morgan fingerprint density at radius 1 is 1.38 bits per heavy atom. The third kappa shape index (κ3) is 2.47. The van der Waals surface area contributed by atoms with Crippen molar-refractivity contribution in [2.45, 2.75) is 30.4 Å². The molecule has 0 aliphatic rings. The second-order valence-corrected chi connectivity index (χ2v) is 6.56. The van der Waals surface area contributed by atoms with Gasteiger partial charge < -0.3 is 5.73 Å². The van der Waals surface area contributed by atoms with Crippen molar-refractivity contribution in [1.29, 1.82) is 0 Å². The van der Waals surface area contributed by atoms with Gasteiger partial charge in [0, 0.05) is 4.75 Å². The Balaban J connectivity index is 3.40. The van der Waals surface area contributed by atoms with Gasteiger partial charge >= 0.3 is 0 Å². The van der Waals surface area contributed by atoms with Crippen LogP contribution < -0.4 is 5.73 Å². The predicted octanol–water partition coefficient (Wildman–Crippen LogP) is 1.83. The van der Waals surface area contributed by atoms with Gasteiger partial charge in [0.25, 0.3) is 5.91 Å².